The van der Waals surface area contributed by atoms with Gasteiger partial charge in [-0.1, -0.05) is 0 Å². The summed E-state index contributed by atoms with van der Waals surface area (Å²) in [6, 6.07) is 4.06. The number of nitrogens with one attached hydrogen (secondary N) is 1. The molecule has 0 spiro atoms. The second-order valence-corrected chi connectivity index (χ2v) is 4.02. The van der Waals surface area contributed by atoms with Crippen molar-refractivity contribution in [3.8, 4) is 0 Å². The molecule has 1 aliphatic carbocycles. The van der Waals surface area contributed by atoms with Gasteiger partial charge in [0.15, 0.2) is 0 Å². The molecule has 1 heterocycles. The Morgan fingerprint density at radius 2 is 2.29 bits per heavy atom. The second kappa shape index (κ2) is 5.03. The van der Waals surface area contributed by atoms with Gasteiger partial charge in [-0.2, -0.15) is 0 Å². The van der Waals surface area contributed by atoms with Gasteiger partial charge in [-0.05, 0) is 31.9 Å². The van der Waals surface area contributed by atoms with Gasteiger partial charge in [-0.25, -0.2) is 0 Å². The van der Waals surface area contributed by atoms with Crippen LogP contribution >= 0.6 is 0 Å². The Balaban J connectivity index is 1.90. The van der Waals surface area contributed by atoms with E-state index in [0.717, 1.165) is 12.8 Å². The highest BCUT2D eigenvalue weighted by Crippen LogP contribution is 2.35. The molecule has 17 heavy (non-hydrogen) atoms. The molecule has 1 aromatic heterocycles. The van der Waals surface area contributed by atoms with Gasteiger partial charge >= 0.3 is 5.97 Å². The van der Waals surface area contributed by atoms with Crippen LogP contribution in [0.4, 0.5) is 0 Å². The van der Waals surface area contributed by atoms with Crippen molar-refractivity contribution < 1.29 is 14.3 Å². The lowest BCUT2D eigenvalue weighted by atomic mass is 10.4. The average molecular weight is 236 g/mol. The molecular weight excluding hydrogens is 220 g/mol. The summed E-state index contributed by atoms with van der Waals surface area (Å²) in [5.74, 6) is -0.639. The van der Waals surface area contributed by atoms with E-state index in [0.29, 0.717) is 18.3 Å². The predicted molar refractivity (Wildman–Crippen MR) is 61.7 cm³/mol. The number of ether oxygens (including phenoxy) is 1. The van der Waals surface area contributed by atoms with Crippen LogP contribution in [0.1, 0.15) is 36.3 Å². The zero-order valence-corrected chi connectivity index (χ0v) is 9.81. The Labute approximate surface area is 99.8 Å². The first-order valence-electron chi connectivity index (χ1n) is 5.83. The first-order valence-corrected chi connectivity index (χ1v) is 5.83. The topological polar surface area (TPSA) is 60.3 Å². The van der Waals surface area contributed by atoms with Crippen molar-refractivity contribution in [2.24, 2.45) is 0 Å². The predicted octanol–water partition coefficient (Wildman–Crippen LogP) is 1.12. The minimum Gasteiger partial charge on any atom is -0.465 e. The Morgan fingerprint density at radius 3 is 2.94 bits per heavy atom. The summed E-state index contributed by atoms with van der Waals surface area (Å²) in [7, 11) is 0. The molecule has 5 nitrogen and oxygen atoms in total. The fourth-order valence-corrected chi connectivity index (χ4v) is 1.71. The van der Waals surface area contributed by atoms with Crippen LogP contribution in [0.15, 0.2) is 18.3 Å². The van der Waals surface area contributed by atoms with Crippen LogP contribution in [0.3, 0.4) is 0 Å². The number of aromatic nitrogens is 1. The summed E-state index contributed by atoms with van der Waals surface area (Å²) < 4.78 is 6.70. The van der Waals surface area contributed by atoms with Crippen molar-refractivity contribution in [2.75, 3.05) is 13.2 Å². The van der Waals surface area contributed by atoms with E-state index in [2.05, 4.69) is 5.32 Å². The molecular formula is C12H16N2O3. The van der Waals surface area contributed by atoms with Gasteiger partial charge in [0.05, 0.1) is 6.61 Å². The number of rotatable bonds is 5. The van der Waals surface area contributed by atoms with E-state index in [1.54, 1.807) is 13.0 Å². The monoisotopic (exact) mass is 236 g/mol. The third-order valence-electron chi connectivity index (χ3n) is 2.65. The highest BCUT2D eigenvalue weighted by molar-refractivity contribution is 5.94. The molecule has 1 saturated carbocycles. The quantitative estimate of drug-likeness (QED) is 0.779. The normalized spacial score (nSPS) is 14.4. The summed E-state index contributed by atoms with van der Waals surface area (Å²) in [4.78, 5) is 22.9. The van der Waals surface area contributed by atoms with Crippen LogP contribution in [0.5, 0.6) is 0 Å². The van der Waals surface area contributed by atoms with E-state index in [-0.39, 0.29) is 12.5 Å². The molecule has 0 aliphatic heterocycles. The lowest BCUT2D eigenvalue weighted by molar-refractivity contribution is -0.141. The molecule has 1 aromatic rings. The Kier molecular flexibility index (Phi) is 3.46. The number of carbonyl (C=O) groups excluding carboxylic acids is 2. The lowest BCUT2D eigenvalue weighted by Gasteiger charge is -2.08. The van der Waals surface area contributed by atoms with Gasteiger partial charge in [-0.3, -0.25) is 9.59 Å². The summed E-state index contributed by atoms with van der Waals surface area (Å²) in [5, 5.41) is 2.56. The molecule has 1 N–H and O–H groups in total. The maximum atomic E-state index is 11.8. The number of nitrogens with zero attached hydrogens (tertiary/aromatic N) is 1. The Morgan fingerprint density at radius 1 is 1.53 bits per heavy atom. The zero-order chi connectivity index (χ0) is 12.3. The zero-order valence-electron chi connectivity index (χ0n) is 9.81. The minimum absolute atomic E-state index is 0.0808. The molecule has 0 atom stereocenters. The van der Waals surface area contributed by atoms with Crippen LogP contribution in [-0.2, 0) is 9.53 Å². The van der Waals surface area contributed by atoms with Crippen LogP contribution in [0.2, 0.25) is 0 Å². The molecule has 0 saturated heterocycles. The molecule has 0 aromatic carbocycles. The standard InChI is InChI=1S/C12H16N2O3/c1-2-17-11(15)8-13-12(16)10-4-3-7-14(10)9-5-6-9/h3-4,7,9H,2,5-6,8H2,1H3,(H,13,16). The van der Waals surface area contributed by atoms with Gasteiger partial charge in [0.2, 0.25) is 0 Å². The van der Waals surface area contributed by atoms with Crippen molar-refractivity contribution in [2.45, 2.75) is 25.8 Å². The van der Waals surface area contributed by atoms with E-state index in [1.165, 1.54) is 0 Å². The van der Waals surface area contributed by atoms with Crippen LogP contribution in [-0.4, -0.2) is 29.6 Å². The summed E-state index contributed by atoms with van der Waals surface area (Å²) in [6.07, 6.45) is 4.14. The van der Waals surface area contributed by atoms with Crippen molar-refractivity contribution in [1.82, 2.24) is 9.88 Å². The molecule has 1 fully saturated rings. The number of hydrogen-bond donors (Lipinski definition) is 1. The van der Waals surface area contributed by atoms with E-state index >= 15 is 0 Å². The summed E-state index contributed by atoms with van der Waals surface area (Å²) in [5.41, 5.74) is 0.608. The lowest BCUT2D eigenvalue weighted by Crippen LogP contribution is -2.31. The smallest absolute Gasteiger partial charge is 0.325 e. The fraction of sp³-hybridized carbons (Fsp3) is 0.500. The van der Waals surface area contributed by atoms with Crippen molar-refractivity contribution in [3.05, 3.63) is 24.0 Å². The highest BCUT2D eigenvalue weighted by Gasteiger charge is 2.26. The highest BCUT2D eigenvalue weighted by atomic mass is 16.5. The summed E-state index contributed by atoms with van der Waals surface area (Å²) >= 11 is 0. The maximum absolute atomic E-state index is 11.8. The summed E-state index contributed by atoms with van der Waals surface area (Å²) in [6.45, 7) is 1.98. The number of esters is 1. The molecule has 1 amide bonds. The van der Waals surface area contributed by atoms with Crippen LogP contribution in [0, 0.1) is 0 Å². The van der Waals surface area contributed by atoms with Gasteiger partial charge in [-0.15, -0.1) is 0 Å². The first-order chi connectivity index (χ1) is 8.22. The third-order valence-corrected chi connectivity index (χ3v) is 2.65. The van der Waals surface area contributed by atoms with E-state index < -0.39 is 5.97 Å². The average Bonchev–Trinajstić information content (AvgIpc) is 3.04. The molecule has 1 aliphatic rings. The Bertz CT molecular complexity index is 421. The molecule has 0 bridgehead atoms. The molecule has 5 heteroatoms. The van der Waals surface area contributed by atoms with E-state index in [9.17, 15) is 9.59 Å². The SMILES string of the molecule is CCOC(=O)CNC(=O)c1cccn1C1CC1. The van der Waals surface area contributed by atoms with Gasteiger partial charge in [0.25, 0.3) is 5.91 Å². The number of carbonyl (C=O) groups is 2. The first kappa shape index (κ1) is 11.7. The maximum Gasteiger partial charge on any atom is 0.325 e. The van der Waals surface area contributed by atoms with Crippen LogP contribution in [0.25, 0.3) is 0 Å². The molecule has 0 unspecified atom stereocenters. The second-order valence-electron chi connectivity index (χ2n) is 4.02. The molecule has 2 rings (SSSR count). The third kappa shape index (κ3) is 2.87. The van der Waals surface area contributed by atoms with Crippen molar-refractivity contribution in [3.63, 3.8) is 0 Å². The Hall–Kier alpha value is -1.78. The number of amides is 1. The fourth-order valence-electron chi connectivity index (χ4n) is 1.71. The molecule has 92 valence electrons. The van der Waals surface area contributed by atoms with Crippen molar-refractivity contribution >= 4 is 11.9 Å². The van der Waals surface area contributed by atoms with Crippen molar-refractivity contribution in [1.29, 1.82) is 0 Å². The molecule has 0 radical (unpaired) electrons. The number of hydrogen-bond acceptors (Lipinski definition) is 3. The van der Waals surface area contributed by atoms with E-state index in [1.807, 2.05) is 16.8 Å². The van der Waals surface area contributed by atoms with Gasteiger partial charge < -0.3 is 14.6 Å². The van der Waals surface area contributed by atoms with Gasteiger partial charge in [0.1, 0.15) is 12.2 Å². The van der Waals surface area contributed by atoms with Crippen LogP contribution < -0.4 is 5.32 Å². The van der Waals surface area contributed by atoms with Gasteiger partial charge in [0, 0.05) is 12.2 Å². The largest absolute Gasteiger partial charge is 0.465 e. The minimum atomic E-state index is -0.412. The van der Waals surface area contributed by atoms with E-state index in [4.69, 9.17) is 4.74 Å².